The topological polar surface area (TPSA) is 135 Å². The van der Waals surface area contributed by atoms with Crippen LogP contribution in [0.2, 0.25) is 0 Å². The number of carbonyl (C=O) groups excluding carboxylic acids is 2. The Bertz CT molecular complexity index is 1040. The second kappa shape index (κ2) is 10.2. The molecule has 34 heavy (non-hydrogen) atoms. The molecule has 2 saturated carbocycles. The number of halogens is 2. The van der Waals surface area contributed by atoms with E-state index in [1.165, 1.54) is 25.1 Å². The van der Waals surface area contributed by atoms with Crippen molar-refractivity contribution in [3.8, 4) is 23.0 Å². The monoisotopic (exact) mass is 481 g/mol. The van der Waals surface area contributed by atoms with Crippen LogP contribution in [0.15, 0.2) is 22.6 Å². The van der Waals surface area contributed by atoms with Crippen LogP contribution in [0, 0.1) is 11.8 Å². The van der Waals surface area contributed by atoms with Crippen LogP contribution in [0.1, 0.15) is 55.0 Å². The van der Waals surface area contributed by atoms with Crippen LogP contribution in [0.25, 0.3) is 11.5 Å². The molecule has 1 heterocycles. The second-order valence-corrected chi connectivity index (χ2v) is 8.29. The molecular formula is C22H25F2N3O7. The van der Waals surface area contributed by atoms with Gasteiger partial charge in [-0.05, 0) is 62.6 Å². The van der Waals surface area contributed by atoms with Crippen molar-refractivity contribution >= 4 is 12.0 Å². The average Bonchev–Trinajstić information content (AvgIpc) is 3.71. The van der Waals surface area contributed by atoms with E-state index in [-0.39, 0.29) is 28.8 Å². The number of ether oxygens (including phenoxy) is 3. The highest BCUT2D eigenvalue weighted by molar-refractivity contribution is 5.93. The van der Waals surface area contributed by atoms with Crippen molar-refractivity contribution < 1.29 is 41.8 Å². The lowest BCUT2D eigenvalue weighted by Crippen LogP contribution is -2.27. The number of hydroxylamine groups is 1. The molecule has 1 aromatic heterocycles. The average molecular weight is 481 g/mol. The van der Waals surface area contributed by atoms with E-state index in [1.54, 1.807) is 0 Å². The molecule has 0 radical (unpaired) electrons. The maximum atomic E-state index is 12.8. The van der Waals surface area contributed by atoms with Gasteiger partial charge >= 0.3 is 12.7 Å². The zero-order valence-corrected chi connectivity index (χ0v) is 18.4. The van der Waals surface area contributed by atoms with Gasteiger partial charge < -0.3 is 24.4 Å². The molecule has 184 valence electrons. The number of benzene rings is 1. The standard InChI is InChI=1S/C22H25F2N3O7/c1-11(32-22(25)29)18-17(19(28)27-31-10-13-4-5-13)26-20(34-18)14-6-7-15(33-21(23)24)16(8-14)30-9-12-2-3-12/h6-8,11-13,21H,2-5,9-10H2,1H3,(H2,25,29)(H,27,28). The Balaban J connectivity index is 1.60. The lowest BCUT2D eigenvalue weighted by Gasteiger charge is -2.13. The molecule has 0 saturated heterocycles. The fourth-order valence-corrected chi connectivity index (χ4v) is 3.12. The van der Waals surface area contributed by atoms with Crippen LogP contribution in [0.5, 0.6) is 11.5 Å². The van der Waals surface area contributed by atoms with Gasteiger partial charge in [0.25, 0.3) is 5.91 Å². The first-order chi connectivity index (χ1) is 16.3. The van der Waals surface area contributed by atoms with Crippen molar-refractivity contribution in [3.05, 3.63) is 29.7 Å². The summed E-state index contributed by atoms with van der Waals surface area (Å²) in [5.74, 6) is -0.0557. The summed E-state index contributed by atoms with van der Waals surface area (Å²) >= 11 is 0. The Morgan fingerprint density at radius 2 is 1.88 bits per heavy atom. The van der Waals surface area contributed by atoms with E-state index in [0.717, 1.165) is 25.7 Å². The fourth-order valence-electron chi connectivity index (χ4n) is 3.12. The molecule has 2 amide bonds. The van der Waals surface area contributed by atoms with E-state index in [1.807, 2.05) is 0 Å². The minimum Gasteiger partial charge on any atom is -0.489 e. The summed E-state index contributed by atoms with van der Waals surface area (Å²) in [4.78, 5) is 33.3. The van der Waals surface area contributed by atoms with Gasteiger partial charge in [-0.2, -0.15) is 8.78 Å². The van der Waals surface area contributed by atoms with Crippen LogP contribution in [-0.4, -0.2) is 36.8 Å². The van der Waals surface area contributed by atoms with Crippen LogP contribution in [0.3, 0.4) is 0 Å². The molecule has 2 aliphatic rings. The molecule has 0 bridgehead atoms. The van der Waals surface area contributed by atoms with Crippen molar-refractivity contribution in [1.29, 1.82) is 0 Å². The van der Waals surface area contributed by atoms with Gasteiger partial charge in [0.15, 0.2) is 29.1 Å². The maximum Gasteiger partial charge on any atom is 0.405 e. The lowest BCUT2D eigenvalue weighted by atomic mass is 10.2. The van der Waals surface area contributed by atoms with Gasteiger partial charge in [-0.3, -0.25) is 9.63 Å². The van der Waals surface area contributed by atoms with Gasteiger partial charge in [-0.25, -0.2) is 15.3 Å². The molecule has 1 aromatic carbocycles. The van der Waals surface area contributed by atoms with E-state index in [0.29, 0.717) is 30.6 Å². The highest BCUT2D eigenvalue weighted by Crippen LogP contribution is 2.37. The minimum absolute atomic E-state index is 0.0258. The highest BCUT2D eigenvalue weighted by atomic mass is 19.3. The van der Waals surface area contributed by atoms with Crippen LogP contribution in [-0.2, 0) is 9.57 Å². The van der Waals surface area contributed by atoms with E-state index < -0.39 is 24.7 Å². The molecule has 12 heteroatoms. The molecule has 10 nitrogen and oxygen atoms in total. The second-order valence-electron chi connectivity index (χ2n) is 8.29. The minimum atomic E-state index is -3.03. The number of hydrogen-bond acceptors (Lipinski definition) is 8. The third-order valence-electron chi connectivity index (χ3n) is 5.29. The maximum absolute atomic E-state index is 12.8. The smallest absolute Gasteiger partial charge is 0.405 e. The van der Waals surface area contributed by atoms with Crippen LogP contribution in [0.4, 0.5) is 13.6 Å². The van der Waals surface area contributed by atoms with E-state index >= 15 is 0 Å². The van der Waals surface area contributed by atoms with Crippen molar-refractivity contribution in [3.63, 3.8) is 0 Å². The molecule has 4 rings (SSSR count). The normalized spacial score (nSPS) is 16.2. The van der Waals surface area contributed by atoms with Gasteiger partial charge in [-0.15, -0.1) is 0 Å². The fraction of sp³-hybridized carbons (Fsp3) is 0.500. The van der Waals surface area contributed by atoms with E-state index in [4.69, 9.17) is 24.5 Å². The first-order valence-corrected chi connectivity index (χ1v) is 10.9. The molecule has 2 aromatic rings. The summed E-state index contributed by atoms with van der Waals surface area (Å²) in [5.41, 5.74) is 7.56. The molecule has 2 fully saturated rings. The van der Waals surface area contributed by atoms with Crippen molar-refractivity contribution in [2.24, 2.45) is 17.6 Å². The Hall–Kier alpha value is -3.41. The molecular weight excluding hydrogens is 456 g/mol. The lowest BCUT2D eigenvalue weighted by molar-refractivity contribution is -0.0515. The van der Waals surface area contributed by atoms with Crippen molar-refractivity contribution in [2.45, 2.75) is 45.3 Å². The SMILES string of the molecule is CC(OC(N)=O)c1oc(-c2ccc(OC(F)F)c(OCC3CC3)c2)nc1C(=O)NOCC1CC1. The van der Waals surface area contributed by atoms with E-state index in [9.17, 15) is 18.4 Å². The molecule has 0 spiro atoms. The third kappa shape index (κ3) is 6.34. The molecule has 3 N–H and O–H groups in total. The zero-order chi connectivity index (χ0) is 24.2. The van der Waals surface area contributed by atoms with Crippen LogP contribution >= 0.6 is 0 Å². The quantitative estimate of drug-likeness (QED) is 0.435. The summed E-state index contributed by atoms with van der Waals surface area (Å²) in [6.45, 7) is -0.845. The van der Waals surface area contributed by atoms with Crippen LogP contribution < -0.4 is 20.7 Å². The number of oxazole rings is 1. The highest BCUT2D eigenvalue weighted by Gasteiger charge is 2.29. The van der Waals surface area contributed by atoms with Gasteiger partial charge in [0, 0.05) is 5.56 Å². The Morgan fingerprint density at radius 1 is 1.18 bits per heavy atom. The number of alkyl halides is 2. The number of primary amides is 1. The summed E-state index contributed by atoms with van der Waals surface area (Å²) < 4.78 is 46.5. The van der Waals surface area contributed by atoms with Gasteiger partial charge in [0.1, 0.15) is 0 Å². The number of carbonyl (C=O) groups is 2. The molecule has 2 aliphatic carbocycles. The predicted octanol–water partition coefficient (Wildman–Crippen LogP) is 3.96. The van der Waals surface area contributed by atoms with Crippen molar-refractivity contribution in [2.75, 3.05) is 13.2 Å². The third-order valence-corrected chi connectivity index (χ3v) is 5.29. The number of nitrogens with one attached hydrogen (secondary N) is 1. The number of nitrogens with two attached hydrogens (primary N) is 1. The number of hydrogen-bond donors (Lipinski definition) is 2. The largest absolute Gasteiger partial charge is 0.489 e. The Morgan fingerprint density at radius 3 is 2.53 bits per heavy atom. The van der Waals surface area contributed by atoms with Gasteiger partial charge in [0.05, 0.1) is 13.2 Å². The van der Waals surface area contributed by atoms with Gasteiger partial charge in [-0.1, -0.05) is 0 Å². The summed E-state index contributed by atoms with van der Waals surface area (Å²) in [6, 6.07) is 4.16. The summed E-state index contributed by atoms with van der Waals surface area (Å²) in [6.07, 6.45) is 1.99. The molecule has 1 atom stereocenters. The number of nitrogens with zero attached hydrogens (tertiary/aromatic N) is 1. The number of amides is 2. The zero-order valence-electron chi connectivity index (χ0n) is 18.4. The Labute approximate surface area is 193 Å². The molecule has 0 aliphatic heterocycles. The number of rotatable bonds is 12. The first-order valence-electron chi connectivity index (χ1n) is 10.9. The summed E-state index contributed by atoms with van der Waals surface area (Å²) in [7, 11) is 0. The van der Waals surface area contributed by atoms with Crippen molar-refractivity contribution in [1.82, 2.24) is 10.5 Å². The summed E-state index contributed by atoms with van der Waals surface area (Å²) in [5, 5.41) is 0. The number of aromatic nitrogens is 1. The first kappa shape index (κ1) is 23.7. The predicted molar refractivity (Wildman–Crippen MR) is 112 cm³/mol. The van der Waals surface area contributed by atoms with Gasteiger partial charge in [0.2, 0.25) is 5.89 Å². The Kier molecular flexibility index (Phi) is 7.15. The van der Waals surface area contributed by atoms with E-state index in [2.05, 4.69) is 15.2 Å². The molecule has 1 unspecified atom stereocenters.